The van der Waals surface area contributed by atoms with Crippen LogP contribution in [0.25, 0.3) is 0 Å². The van der Waals surface area contributed by atoms with Crippen LogP contribution in [0.4, 0.5) is 5.13 Å². The average Bonchev–Trinajstić information content (AvgIpc) is 2.94. The van der Waals surface area contributed by atoms with Crippen LogP contribution in [-0.4, -0.2) is 28.2 Å². The van der Waals surface area contributed by atoms with E-state index in [1.807, 2.05) is 6.92 Å². The number of hydrogen-bond donors (Lipinski definition) is 2. The average molecular weight is 348 g/mol. The first-order valence-corrected chi connectivity index (χ1v) is 9.71. The molecule has 122 valence electrons. The first kappa shape index (κ1) is 15.2. The lowest BCUT2D eigenvalue weighted by molar-refractivity contribution is 0.103. The van der Waals surface area contributed by atoms with Crippen LogP contribution >= 0.6 is 22.7 Å². The maximum absolute atomic E-state index is 12.4. The van der Waals surface area contributed by atoms with Crippen LogP contribution in [0.2, 0.25) is 0 Å². The van der Waals surface area contributed by atoms with Crippen molar-refractivity contribution in [2.45, 2.75) is 57.5 Å². The van der Waals surface area contributed by atoms with E-state index >= 15 is 0 Å². The van der Waals surface area contributed by atoms with Crippen LogP contribution in [0, 0.1) is 13.8 Å². The molecule has 0 aromatic carbocycles. The highest BCUT2D eigenvalue weighted by Gasteiger charge is 2.41. The molecule has 2 atom stereocenters. The van der Waals surface area contributed by atoms with E-state index in [-0.39, 0.29) is 5.91 Å². The molecule has 0 saturated heterocycles. The monoisotopic (exact) mass is 348 g/mol. The van der Waals surface area contributed by atoms with Gasteiger partial charge in [-0.15, -0.1) is 21.5 Å². The Balaban J connectivity index is 1.41. The molecule has 7 heteroatoms. The molecule has 0 aliphatic heterocycles. The topological polar surface area (TPSA) is 66.9 Å². The molecule has 5 nitrogen and oxygen atoms in total. The molecule has 4 rings (SSSR count). The Kier molecular flexibility index (Phi) is 3.95. The SMILES string of the molecule is Cc1nnc(NC(=O)c2cc([C@H]3CC3NC3CCC3)c(C)s2)s1. The fraction of sp³-hybridized carbons (Fsp3) is 0.562. The smallest absolute Gasteiger partial charge is 0.267 e. The van der Waals surface area contributed by atoms with Gasteiger partial charge in [-0.25, -0.2) is 0 Å². The normalized spacial score (nSPS) is 23.6. The van der Waals surface area contributed by atoms with Crippen molar-refractivity contribution >= 4 is 33.7 Å². The van der Waals surface area contributed by atoms with Gasteiger partial charge in [0.25, 0.3) is 5.91 Å². The third kappa shape index (κ3) is 3.18. The number of rotatable bonds is 5. The highest BCUT2D eigenvalue weighted by Crippen LogP contribution is 2.45. The standard InChI is InChI=1S/C16H20N4OS2/c1-8-11(12-6-13(12)17-10-4-3-5-10)7-14(22-8)15(21)18-16-20-19-9(2)23-16/h7,10,12-13,17H,3-6H2,1-2H3,(H,18,20,21)/t12-,13?/m1/s1. The zero-order valence-corrected chi connectivity index (χ0v) is 14.9. The van der Waals surface area contributed by atoms with Crippen molar-refractivity contribution in [2.75, 3.05) is 5.32 Å². The number of anilines is 1. The molecule has 2 aliphatic rings. The fourth-order valence-corrected chi connectivity index (χ4v) is 4.66. The van der Waals surface area contributed by atoms with Gasteiger partial charge in [-0.1, -0.05) is 17.8 Å². The lowest BCUT2D eigenvalue weighted by atomic mass is 9.93. The number of aromatic nitrogens is 2. The minimum Gasteiger partial charge on any atom is -0.311 e. The maximum Gasteiger partial charge on any atom is 0.267 e. The van der Waals surface area contributed by atoms with Crippen molar-refractivity contribution < 1.29 is 4.79 Å². The Morgan fingerprint density at radius 1 is 1.26 bits per heavy atom. The van der Waals surface area contributed by atoms with Crippen molar-refractivity contribution in [3.63, 3.8) is 0 Å². The van der Waals surface area contributed by atoms with Gasteiger partial charge in [-0.05, 0) is 44.7 Å². The third-order valence-electron chi connectivity index (χ3n) is 4.67. The largest absolute Gasteiger partial charge is 0.311 e. The van der Waals surface area contributed by atoms with Crippen molar-refractivity contribution in [3.8, 4) is 0 Å². The summed E-state index contributed by atoms with van der Waals surface area (Å²) in [5.41, 5.74) is 1.34. The minimum absolute atomic E-state index is 0.0790. The summed E-state index contributed by atoms with van der Waals surface area (Å²) in [7, 11) is 0. The summed E-state index contributed by atoms with van der Waals surface area (Å²) in [6, 6.07) is 3.40. The highest BCUT2D eigenvalue weighted by molar-refractivity contribution is 7.16. The number of hydrogen-bond acceptors (Lipinski definition) is 6. The third-order valence-corrected chi connectivity index (χ3v) is 6.49. The zero-order chi connectivity index (χ0) is 16.0. The summed E-state index contributed by atoms with van der Waals surface area (Å²) >= 11 is 2.97. The van der Waals surface area contributed by atoms with Gasteiger partial charge in [0.1, 0.15) is 5.01 Å². The lowest BCUT2D eigenvalue weighted by Gasteiger charge is -2.26. The van der Waals surface area contributed by atoms with E-state index in [1.54, 1.807) is 11.3 Å². The predicted molar refractivity (Wildman–Crippen MR) is 93.6 cm³/mol. The van der Waals surface area contributed by atoms with Crippen LogP contribution in [0.5, 0.6) is 0 Å². The van der Waals surface area contributed by atoms with Crippen molar-refractivity contribution in [1.82, 2.24) is 15.5 Å². The molecule has 1 amide bonds. The molecular formula is C16H20N4OS2. The number of nitrogens with zero attached hydrogens (tertiary/aromatic N) is 2. The quantitative estimate of drug-likeness (QED) is 0.868. The second-order valence-electron chi connectivity index (χ2n) is 6.45. The summed E-state index contributed by atoms with van der Waals surface area (Å²) in [5.74, 6) is 0.502. The second kappa shape index (κ2) is 5.96. The molecule has 0 radical (unpaired) electrons. The van der Waals surface area contributed by atoms with Gasteiger partial charge >= 0.3 is 0 Å². The van der Waals surface area contributed by atoms with E-state index in [0.29, 0.717) is 17.1 Å². The molecular weight excluding hydrogens is 328 g/mol. The molecule has 1 unspecified atom stereocenters. The number of nitrogens with one attached hydrogen (secondary N) is 2. The summed E-state index contributed by atoms with van der Waals surface area (Å²) in [6.07, 6.45) is 5.20. The van der Waals surface area contributed by atoms with E-state index in [2.05, 4.69) is 33.8 Å². The zero-order valence-electron chi connectivity index (χ0n) is 13.3. The van der Waals surface area contributed by atoms with Gasteiger partial charge in [0.05, 0.1) is 4.88 Å². The highest BCUT2D eigenvalue weighted by atomic mass is 32.1. The molecule has 2 heterocycles. The fourth-order valence-electron chi connectivity index (χ4n) is 3.08. The predicted octanol–water partition coefficient (Wildman–Crippen LogP) is 3.47. The van der Waals surface area contributed by atoms with Crippen LogP contribution in [0.3, 0.4) is 0 Å². The Hall–Kier alpha value is -1.31. The van der Waals surface area contributed by atoms with E-state index in [0.717, 1.165) is 15.9 Å². The molecule has 2 aliphatic carbocycles. The maximum atomic E-state index is 12.4. The van der Waals surface area contributed by atoms with Crippen molar-refractivity contribution in [1.29, 1.82) is 0 Å². The van der Waals surface area contributed by atoms with Gasteiger partial charge in [-0.3, -0.25) is 10.1 Å². The van der Waals surface area contributed by atoms with Crippen LogP contribution in [0.15, 0.2) is 6.07 Å². The Morgan fingerprint density at radius 3 is 2.74 bits per heavy atom. The second-order valence-corrected chi connectivity index (χ2v) is 8.88. The van der Waals surface area contributed by atoms with E-state index < -0.39 is 0 Å². The van der Waals surface area contributed by atoms with E-state index in [1.165, 1.54) is 47.5 Å². The Morgan fingerprint density at radius 2 is 2.09 bits per heavy atom. The van der Waals surface area contributed by atoms with Gasteiger partial charge in [0.2, 0.25) is 5.13 Å². The Labute approximate surface area is 143 Å². The molecule has 2 aromatic rings. The van der Waals surface area contributed by atoms with Gasteiger partial charge in [0, 0.05) is 22.9 Å². The minimum atomic E-state index is -0.0790. The first-order chi connectivity index (χ1) is 11.1. The Bertz CT molecular complexity index is 734. The summed E-state index contributed by atoms with van der Waals surface area (Å²) < 4.78 is 0. The summed E-state index contributed by atoms with van der Waals surface area (Å²) in [6.45, 7) is 3.99. The van der Waals surface area contributed by atoms with Gasteiger partial charge < -0.3 is 5.32 Å². The molecule has 2 N–H and O–H groups in total. The number of thiophene rings is 1. The van der Waals surface area contributed by atoms with Crippen LogP contribution in [-0.2, 0) is 0 Å². The first-order valence-electron chi connectivity index (χ1n) is 8.08. The van der Waals surface area contributed by atoms with Crippen LogP contribution in [0.1, 0.15) is 56.7 Å². The van der Waals surface area contributed by atoms with Crippen molar-refractivity contribution in [3.05, 3.63) is 26.4 Å². The number of amides is 1. The number of carbonyl (C=O) groups is 1. The molecule has 0 bridgehead atoms. The summed E-state index contributed by atoms with van der Waals surface area (Å²) in [5, 5.41) is 15.9. The number of aryl methyl sites for hydroxylation is 2. The van der Waals surface area contributed by atoms with E-state index in [9.17, 15) is 4.79 Å². The van der Waals surface area contributed by atoms with Crippen LogP contribution < -0.4 is 10.6 Å². The van der Waals surface area contributed by atoms with Gasteiger partial charge in [0.15, 0.2) is 0 Å². The molecule has 2 aromatic heterocycles. The van der Waals surface area contributed by atoms with Crippen molar-refractivity contribution in [2.24, 2.45) is 0 Å². The lowest BCUT2D eigenvalue weighted by Crippen LogP contribution is -2.37. The van der Waals surface area contributed by atoms with Gasteiger partial charge in [-0.2, -0.15) is 0 Å². The molecule has 2 fully saturated rings. The molecule has 0 spiro atoms. The summed E-state index contributed by atoms with van der Waals surface area (Å²) in [4.78, 5) is 14.4. The number of carbonyl (C=O) groups excluding carboxylic acids is 1. The van der Waals surface area contributed by atoms with E-state index in [4.69, 9.17) is 0 Å². The molecule has 2 saturated carbocycles. The molecule has 23 heavy (non-hydrogen) atoms.